The summed E-state index contributed by atoms with van der Waals surface area (Å²) in [5, 5.41) is 12.7. The highest BCUT2D eigenvalue weighted by Gasteiger charge is 2.51. The summed E-state index contributed by atoms with van der Waals surface area (Å²) in [6.07, 6.45) is 0.651. The molecule has 2 aliphatic rings. The van der Waals surface area contributed by atoms with Gasteiger partial charge in [0.15, 0.2) is 5.82 Å². The van der Waals surface area contributed by atoms with Crippen LogP contribution < -0.4 is 0 Å². The third-order valence-corrected chi connectivity index (χ3v) is 6.44. The molecular formula is C25H28N6O3. The number of para-hydroxylation sites is 1. The van der Waals surface area contributed by atoms with Crippen molar-refractivity contribution in [2.75, 3.05) is 13.1 Å². The maximum Gasteiger partial charge on any atom is 0.410 e. The molecule has 9 nitrogen and oxygen atoms in total. The van der Waals surface area contributed by atoms with Gasteiger partial charge in [0, 0.05) is 19.6 Å². The molecule has 0 aliphatic carbocycles. The van der Waals surface area contributed by atoms with Gasteiger partial charge in [-0.15, -0.1) is 5.10 Å². The van der Waals surface area contributed by atoms with E-state index < -0.39 is 11.1 Å². The van der Waals surface area contributed by atoms with Crippen LogP contribution in [0, 0.1) is 0 Å². The molecule has 0 saturated carbocycles. The first kappa shape index (κ1) is 22.1. The van der Waals surface area contributed by atoms with E-state index in [4.69, 9.17) is 4.74 Å². The minimum atomic E-state index is -0.770. The molecule has 2 aromatic carbocycles. The van der Waals surface area contributed by atoms with Gasteiger partial charge in [-0.25, -0.2) is 4.79 Å². The van der Waals surface area contributed by atoms with E-state index in [2.05, 4.69) is 15.5 Å². The Bertz CT molecular complexity index is 1210. The Labute approximate surface area is 198 Å². The quantitative estimate of drug-likeness (QED) is 0.581. The molecule has 0 bridgehead atoms. The Morgan fingerprint density at radius 2 is 1.71 bits per heavy atom. The summed E-state index contributed by atoms with van der Waals surface area (Å²) >= 11 is 0. The Hall–Kier alpha value is -3.75. The van der Waals surface area contributed by atoms with Crippen LogP contribution in [0.3, 0.4) is 0 Å². The van der Waals surface area contributed by atoms with Gasteiger partial charge < -0.3 is 14.5 Å². The van der Waals surface area contributed by atoms with Gasteiger partial charge in [-0.1, -0.05) is 42.5 Å². The fraction of sp³-hybridized carbons (Fsp3) is 0.400. The topological polar surface area (TPSA) is 93.5 Å². The number of nitrogens with zero attached hydrogens (tertiary/aromatic N) is 6. The van der Waals surface area contributed by atoms with E-state index in [0.717, 1.165) is 5.56 Å². The number of aromatic nitrogens is 4. The standard InChI is InChI=1S/C25H28N6O3/c1-24(2,3)34-23(33)29-15-13-25(14-16-29)22-26-27-28-31(22)20-12-8-7-11-19(20)21(32)30(25)17-18-9-5-4-6-10-18/h4-12H,13-17H2,1-3H3. The lowest BCUT2D eigenvalue weighted by Gasteiger charge is -2.46. The van der Waals surface area contributed by atoms with Crippen LogP contribution in [-0.4, -0.2) is 60.7 Å². The smallest absolute Gasteiger partial charge is 0.410 e. The van der Waals surface area contributed by atoms with Gasteiger partial charge in [-0.3, -0.25) is 4.79 Å². The number of fused-ring (bicyclic) bond motifs is 4. The predicted octanol–water partition coefficient (Wildman–Crippen LogP) is 3.54. The van der Waals surface area contributed by atoms with Gasteiger partial charge >= 0.3 is 6.09 Å². The monoisotopic (exact) mass is 460 g/mol. The second-order valence-corrected chi connectivity index (χ2v) is 9.81. The molecule has 34 heavy (non-hydrogen) atoms. The number of piperidine rings is 1. The number of tetrazole rings is 1. The zero-order valence-corrected chi connectivity index (χ0v) is 19.6. The minimum Gasteiger partial charge on any atom is -0.444 e. The van der Waals surface area contributed by atoms with Crippen LogP contribution in [0.15, 0.2) is 54.6 Å². The van der Waals surface area contributed by atoms with Crippen molar-refractivity contribution in [3.8, 4) is 5.69 Å². The molecule has 2 aliphatic heterocycles. The maximum absolute atomic E-state index is 14.0. The summed E-state index contributed by atoms with van der Waals surface area (Å²) in [6, 6.07) is 17.3. The number of carbonyl (C=O) groups excluding carboxylic acids is 2. The van der Waals surface area contributed by atoms with Crippen molar-refractivity contribution in [3.63, 3.8) is 0 Å². The number of hydrogen-bond acceptors (Lipinski definition) is 6. The highest BCUT2D eigenvalue weighted by molar-refractivity contribution is 5.99. The number of amides is 2. The van der Waals surface area contributed by atoms with Crippen LogP contribution in [-0.2, 0) is 16.8 Å². The third kappa shape index (κ3) is 3.81. The first-order valence-electron chi connectivity index (χ1n) is 11.5. The summed E-state index contributed by atoms with van der Waals surface area (Å²) in [6.45, 7) is 6.83. The summed E-state index contributed by atoms with van der Waals surface area (Å²) in [5.74, 6) is 0.531. The van der Waals surface area contributed by atoms with Crippen molar-refractivity contribution in [1.82, 2.24) is 30.0 Å². The average molecular weight is 461 g/mol. The summed E-state index contributed by atoms with van der Waals surface area (Å²) in [4.78, 5) is 30.4. The summed E-state index contributed by atoms with van der Waals surface area (Å²) in [7, 11) is 0. The molecular weight excluding hydrogens is 432 g/mol. The average Bonchev–Trinajstić information content (AvgIpc) is 3.30. The molecule has 1 spiro atoms. The number of ether oxygens (including phenoxy) is 1. The molecule has 0 unspecified atom stereocenters. The van der Waals surface area contributed by atoms with Crippen molar-refractivity contribution < 1.29 is 14.3 Å². The molecule has 9 heteroatoms. The van der Waals surface area contributed by atoms with E-state index in [9.17, 15) is 9.59 Å². The molecule has 176 valence electrons. The molecule has 3 heterocycles. The normalized spacial score (nSPS) is 17.2. The Kier molecular flexibility index (Phi) is 5.34. The third-order valence-electron chi connectivity index (χ3n) is 6.44. The van der Waals surface area contributed by atoms with E-state index in [1.165, 1.54) is 0 Å². The van der Waals surface area contributed by atoms with Gasteiger partial charge in [0.2, 0.25) is 0 Å². The Morgan fingerprint density at radius 3 is 2.41 bits per heavy atom. The van der Waals surface area contributed by atoms with Crippen molar-refractivity contribution in [1.29, 1.82) is 0 Å². The van der Waals surface area contributed by atoms with Crippen LogP contribution in [0.5, 0.6) is 0 Å². The van der Waals surface area contributed by atoms with Crippen molar-refractivity contribution in [2.24, 2.45) is 0 Å². The van der Waals surface area contributed by atoms with Crippen LogP contribution in [0.1, 0.15) is 55.4 Å². The second-order valence-electron chi connectivity index (χ2n) is 9.81. The first-order chi connectivity index (χ1) is 16.3. The van der Waals surface area contributed by atoms with Gasteiger partial charge in [-0.2, -0.15) is 4.68 Å². The summed E-state index contributed by atoms with van der Waals surface area (Å²) in [5.41, 5.74) is 0.891. The van der Waals surface area contributed by atoms with E-state index in [-0.39, 0.29) is 12.0 Å². The SMILES string of the molecule is CC(C)(C)OC(=O)N1CCC2(CC1)c1nnnn1-c1ccccc1C(=O)N2Cc1ccccc1. The molecule has 0 N–H and O–H groups in total. The lowest BCUT2D eigenvalue weighted by Crippen LogP contribution is -2.56. The van der Waals surface area contributed by atoms with Crippen molar-refractivity contribution >= 4 is 12.0 Å². The fourth-order valence-corrected chi connectivity index (χ4v) is 4.81. The number of hydrogen-bond donors (Lipinski definition) is 0. The largest absolute Gasteiger partial charge is 0.444 e. The first-order valence-corrected chi connectivity index (χ1v) is 11.5. The molecule has 5 rings (SSSR count). The minimum absolute atomic E-state index is 0.0857. The van der Waals surface area contributed by atoms with E-state index >= 15 is 0 Å². The van der Waals surface area contributed by atoms with Crippen LogP contribution in [0.4, 0.5) is 4.79 Å². The van der Waals surface area contributed by atoms with Gasteiger partial charge in [0.05, 0.1) is 11.3 Å². The number of rotatable bonds is 2. The molecule has 0 atom stereocenters. The fourth-order valence-electron chi connectivity index (χ4n) is 4.81. The number of likely N-dealkylation sites (tertiary alicyclic amines) is 1. The maximum atomic E-state index is 14.0. The zero-order chi connectivity index (χ0) is 23.9. The molecule has 0 radical (unpaired) electrons. The lowest BCUT2D eigenvalue weighted by molar-refractivity contribution is -0.00968. The molecule has 1 saturated heterocycles. The van der Waals surface area contributed by atoms with Crippen LogP contribution in [0.25, 0.3) is 5.69 Å². The predicted molar refractivity (Wildman–Crippen MR) is 124 cm³/mol. The van der Waals surface area contributed by atoms with Gasteiger partial charge in [0.1, 0.15) is 11.1 Å². The number of benzene rings is 2. The second kappa shape index (κ2) is 8.23. The van der Waals surface area contributed by atoms with Crippen molar-refractivity contribution in [3.05, 3.63) is 71.5 Å². The Morgan fingerprint density at radius 1 is 1.03 bits per heavy atom. The van der Waals surface area contributed by atoms with E-state index in [0.29, 0.717) is 49.6 Å². The van der Waals surface area contributed by atoms with Crippen LogP contribution >= 0.6 is 0 Å². The molecule has 1 fully saturated rings. The van der Waals surface area contributed by atoms with Gasteiger partial charge in [-0.05, 0) is 61.7 Å². The molecule has 2 amide bonds. The lowest BCUT2D eigenvalue weighted by atomic mass is 9.84. The number of carbonyl (C=O) groups is 2. The zero-order valence-electron chi connectivity index (χ0n) is 19.6. The molecule has 1 aromatic heterocycles. The van der Waals surface area contributed by atoms with E-state index in [1.54, 1.807) is 9.58 Å². The van der Waals surface area contributed by atoms with E-state index in [1.807, 2.05) is 80.3 Å². The Balaban J connectivity index is 1.57. The highest BCUT2D eigenvalue weighted by atomic mass is 16.6. The van der Waals surface area contributed by atoms with Crippen LogP contribution in [0.2, 0.25) is 0 Å². The summed E-state index contributed by atoms with van der Waals surface area (Å²) < 4.78 is 7.27. The van der Waals surface area contributed by atoms with Crippen molar-refractivity contribution in [2.45, 2.75) is 51.3 Å². The molecule has 3 aromatic rings. The van der Waals surface area contributed by atoms with Gasteiger partial charge in [0.25, 0.3) is 5.91 Å². The highest BCUT2D eigenvalue weighted by Crippen LogP contribution is 2.43.